The van der Waals surface area contributed by atoms with Crippen molar-refractivity contribution < 1.29 is 5.11 Å². The van der Waals surface area contributed by atoms with Crippen LogP contribution < -0.4 is 0 Å². The predicted octanol–water partition coefficient (Wildman–Crippen LogP) is 1.97. The lowest BCUT2D eigenvalue weighted by Gasteiger charge is -2.02. The number of hydrogen-bond acceptors (Lipinski definition) is 3. The second-order valence-corrected chi connectivity index (χ2v) is 4.09. The second-order valence-electron chi connectivity index (χ2n) is 3.03. The van der Waals surface area contributed by atoms with Crippen LogP contribution in [0.25, 0.3) is 0 Å². The van der Waals surface area contributed by atoms with Crippen molar-refractivity contribution >= 4 is 11.8 Å². The van der Waals surface area contributed by atoms with Crippen LogP contribution in [0.15, 0.2) is 24.0 Å². The van der Waals surface area contributed by atoms with Crippen molar-refractivity contribution in [2.45, 2.75) is 24.6 Å². The normalized spacial score (nSPS) is 10.4. The average molecular weight is 212 g/mol. The molecule has 0 bridgehead atoms. The maximum atomic E-state index is 8.96. The van der Waals surface area contributed by atoms with Crippen LogP contribution in [0, 0.1) is 0 Å². The van der Waals surface area contributed by atoms with Gasteiger partial charge in [0.05, 0.1) is 18.5 Å². The Balaban J connectivity index is 2.42. The minimum Gasteiger partial charge on any atom is -0.390 e. The number of thioether (sulfide) groups is 1. The molecule has 1 aromatic rings. The number of aliphatic hydroxyl groups excluding tert-OH is 1. The van der Waals surface area contributed by atoms with E-state index in [1.54, 1.807) is 18.0 Å². The number of hydrogen-bond donors (Lipinski definition) is 1. The molecule has 0 aliphatic rings. The van der Waals surface area contributed by atoms with E-state index >= 15 is 0 Å². The molecule has 0 fully saturated rings. The third-order valence-corrected chi connectivity index (χ3v) is 3.12. The minimum absolute atomic E-state index is 0.0523. The van der Waals surface area contributed by atoms with Crippen LogP contribution in [0.5, 0.6) is 0 Å². The number of allylic oxidation sites excluding steroid dienone is 1. The smallest absolute Gasteiger partial charge is 0.167 e. The Kier molecular flexibility index (Phi) is 4.76. The van der Waals surface area contributed by atoms with Gasteiger partial charge in [0.2, 0.25) is 0 Å². The average Bonchev–Trinajstić information content (AvgIpc) is 2.55. The van der Waals surface area contributed by atoms with Gasteiger partial charge in [-0.3, -0.25) is 0 Å². The topological polar surface area (TPSA) is 38.1 Å². The van der Waals surface area contributed by atoms with Crippen LogP contribution in [-0.4, -0.2) is 20.4 Å². The Hall–Kier alpha value is -0.740. The molecule has 1 N–H and O–H groups in total. The highest BCUT2D eigenvalue weighted by atomic mass is 32.2. The van der Waals surface area contributed by atoms with Gasteiger partial charge in [0.25, 0.3) is 0 Å². The molecule has 1 heterocycles. The lowest BCUT2D eigenvalue weighted by molar-refractivity contribution is 0.271. The van der Waals surface area contributed by atoms with Crippen molar-refractivity contribution in [2.24, 2.45) is 7.05 Å². The summed E-state index contributed by atoms with van der Waals surface area (Å²) in [5.74, 6) is 1.04. The Morgan fingerprint density at radius 3 is 3.07 bits per heavy atom. The third-order valence-electron chi connectivity index (χ3n) is 1.99. The van der Waals surface area contributed by atoms with Crippen molar-refractivity contribution in [1.29, 1.82) is 0 Å². The predicted molar refractivity (Wildman–Crippen MR) is 59.3 cm³/mol. The van der Waals surface area contributed by atoms with Crippen LogP contribution in [0.3, 0.4) is 0 Å². The highest BCUT2D eigenvalue weighted by molar-refractivity contribution is 7.99. The van der Waals surface area contributed by atoms with Crippen LogP contribution in [-0.2, 0) is 13.7 Å². The van der Waals surface area contributed by atoms with Crippen LogP contribution >= 0.6 is 11.8 Å². The SMILES string of the molecule is C=CCCCSc1ncc(CO)n1C. The summed E-state index contributed by atoms with van der Waals surface area (Å²) in [5.41, 5.74) is 0.858. The standard InChI is InChI=1S/C10H16N2OS/c1-3-4-5-6-14-10-11-7-9(8-13)12(10)2/h3,7,13H,1,4-6,8H2,2H3. The molecule has 1 rings (SSSR count). The molecular formula is C10H16N2OS. The molecule has 0 atom stereocenters. The van der Waals surface area contributed by atoms with Crippen LogP contribution in [0.1, 0.15) is 18.5 Å². The first-order valence-electron chi connectivity index (χ1n) is 4.64. The quantitative estimate of drug-likeness (QED) is 0.445. The zero-order chi connectivity index (χ0) is 10.4. The maximum absolute atomic E-state index is 8.96. The summed E-state index contributed by atoms with van der Waals surface area (Å²) in [6.07, 6.45) is 5.81. The number of imidazole rings is 1. The number of unbranched alkanes of at least 4 members (excludes halogenated alkanes) is 1. The first-order valence-corrected chi connectivity index (χ1v) is 5.63. The van der Waals surface area contributed by atoms with Gasteiger partial charge in [-0.2, -0.15) is 0 Å². The zero-order valence-corrected chi connectivity index (χ0v) is 9.26. The van der Waals surface area contributed by atoms with Gasteiger partial charge in [-0.25, -0.2) is 4.98 Å². The highest BCUT2D eigenvalue weighted by Crippen LogP contribution is 2.18. The van der Waals surface area contributed by atoms with E-state index in [1.807, 2.05) is 17.7 Å². The number of aliphatic hydroxyl groups is 1. The fourth-order valence-electron chi connectivity index (χ4n) is 1.10. The van der Waals surface area contributed by atoms with E-state index < -0.39 is 0 Å². The Morgan fingerprint density at radius 2 is 2.50 bits per heavy atom. The molecule has 0 aliphatic heterocycles. The van der Waals surface area contributed by atoms with E-state index in [9.17, 15) is 0 Å². The zero-order valence-electron chi connectivity index (χ0n) is 8.44. The number of aromatic nitrogens is 2. The van der Waals surface area contributed by atoms with Gasteiger partial charge in [-0.1, -0.05) is 17.8 Å². The molecule has 1 aromatic heterocycles. The molecule has 0 radical (unpaired) electrons. The molecule has 0 spiro atoms. The molecule has 4 heteroatoms. The van der Waals surface area contributed by atoms with E-state index in [-0.39, 0.29) is 6.61 Å². The molecule has 3 nitrogen and oxygen atoms in total. The largest absolute Gasteiger partial charge is 0.390 e. The fourth-order valence-corrected chi connectivity index (χ4v) is 2.03. The van der Waals surface area contributed by atoms with E-state index in [0.29, 0.717) is 0 Å². The third kappa shape index (κ3) is 2.89. The number of rotatable bonds is 6. The van der Waals surface area contributed by atoms with Gasteiger partial charge in [0.1, 0.15) is 0 Å². The first kappa shape index (κ1) is 11.3. The molecule has 0 unspecified atom stereocenters. The Labute approximate surface area is 88.9 Å². The molecule has 0 saturated heterocycles. The summed E-state index contributed by atoms with van der Waals surface area (Å²) in [5, 5.41) is 9.93. The first-order chi connectivity index (χ1) is 6.79. The van der Waals surface area contributed by atoms with Crippen LogP contribution in [0.4, 0.5) is 0 Å². The molecule has 0 saturated carbocycles. The van der Waals surface area contributed by atoms with E-state index in [4.69, 9.17) is 5.11 Å². The van der Waals surface area contributed by atoms with Gasteiger partial charge < -0.3 is 9.67 Å². The van der Waals surface area contributed by atoms with E-state index in [2.05, 4.69) is 11.6 Å². The summed E-state index contributed by atoms with van der Waals surface area (Å²) in [4.78, 5) is 4.22. The lowest BCUT2D eigenvalue weighted by atomic mass is 10.3. The van der Waals surface area contributed by atoms with E-state index in [0.717, 1.165) is 29.4 Å². The van der Waals surface area contributed by atoms with Crippen molar-refractivity contribution in [3.05, 3.63) is 24.5 Å². The van der Waals surface area contributed by atoms with Crippen molar-refractivity contribution in [3.8, 4) is 0 Å². The van der Waals surface area contributed by atoms with E-state index in [1.165, 1.54) is 0 Å². The van der Waals surface area contributed by atoms with Gasteiger partial charge in [-0.05, 0) is 12.8 Å². The molecule has 0 aliphatic carbocycles. The van der Waals surface area contributed by atoms with Crippen molar-refractivity contribution in [1.82, 2.24) is 9.55 Å². The van der Waals surface area contributed by atoms with Gasteiger partial charge in [0, 0.05) is 12.8 Å². The molecule has 14 heavy (non-hydrogen) atoms. The second kappa shape index (κ2) is 5.88. The van der Waals surface area contributed by atoms with Gasteiger partial charge in [0.15, 0.2) is 5.16 Å². The van der Waals surface area contributed by atoms with Crippen molar-refractivity contribution in [2.75, 3.05) is 5.75 Å². The monoisotopic (exact) mass is 212 g/mol. The molecule has 0 amide bonds. The minimum atomic E-state index is 0.0523. The Morgan fingerprint density at radius 1 is 1.71 bits per heavy atom. The van der Waals surface area contributed by atoms with Crippen LogP contribution in [0.2, 0.25) is 0 Å². The summed E-state index contributed by atoms with van der Waals surface area (Å²) in [7, 11) is 1.92. The maximum Gasteiger partial charge on any atom is 0.167 e. The molecule has 78 valence electrons. The summed E-state index contributed by atoms with van der Waals surface area (Å²) >= 11 is 1.72. The van der Waals surface area contributed by atoms with Gasteiger partial charge >= 0.3 is 0 Å². The highest BCUT2D eigenvalue weighted by Gasteiger charge is 2.04. The summed E-state index contributed by atoms with van der Waals surface area (Å²) < 4.78 is 1.93. The van der Waals surface area contributed by atoms with Gasteiger partial charge in [-0.15, -0.1) is 6.58 Å². The summed E-state index contributed by atoms with van der Waals surface area (Å²) in [6, 6.07) is 0. The molecule has 0 aromatic carbocycles. The van der Waals surface area contributed by atoms with Crippen molar-refractivity contribution in [3.63, 3.8) is 0 Å². The molecular weight excluding hydrogens is 196 g/mol. The summed E-state index contributed by atoms with van der Waals surface area (Å²) in [6.45, 7) is 3.73. The Bertz CT molecular complexity index is 296. The lowest BCUT2D eigenvalue weighted by Crippen LogP contribution is -1.97. The fraction of sp³-hybridized carbons (Fsp3) is 0.500. The number of nitrogens with zero attached hydrogens (tertiary/aromatic N) is 2.